The van der Waals surface area contributed by atoms with Crippen molar-refractivity contribution >= 4 is 0 Å². The highest BCUT2D eigenvalue weighted by Gasteiger charge is 2.42. The van der Waals surface area contributed by atoms with Crippen molar-refractivity contribution in [3.05, 3.63) is 12.2 Å². The van der Waals surface area contributed by atoms with E-state index in [-0.39, 0.29) is 0 Å². The van der Waals surface area contributed by atoms with Gasteiger partial charge in [-0.15, -0.1) is 0 Å². The van der Waals surface area contributed by atoms with Gasteiger partial charge in [0.15, 0.2) is 0 Å². The zero-order chi connectivity index (χ0) is 10.7. The Morgan fingerprint density at radius 2 is 2.33 bits per heavy atom. The maximum atomic E-state index is 4.37. The van der Waals surface area contributed by atoms with E-state index >= 15 is 0 Å². The molecule has 2 rings (SSSR count). The first-order valence-electron chi connectivity index (χ1n) is 5.81. The molecule has 1 aromatic rings. The minimum absolute atomic E-state index is 0.479. The van der Waals surface area contributed by atoms with E-state index in [9.17, 15) is 0 Å². The molecule has 1 aliphatic carbocycles. The van der Waals surface area contributed by atoms with Gasteiger partial charge in [0.1, 0.15) is 12.2 Å². The smallest absolute Gasteiger partial charge is 0.138 e. The molecule has 0 atom stereocenters. The molecule has 0 bridgehead atoms. The van der Waals surface area contributed by atoms with Crippen molar-refractivity contribution in [1.29, 1.82) is 0 Å². The second-order valence-electron chi connectivity index (χ2n) is 4.61. The molecule has 0 saturated heterocycles. The maximum Gasteiger partial charge on any atom is 0.138 e. The van der Waals surface area contributed by atoms with Gasteiger partial charge in [-0.3, -0.25) is 4.68 Å². The van der Waals surface area contributed by atoms with Gasteiger partial charge < -0.3 is 5.32 Å². The van der Waals surface area contributed by atoms with Crippen molar-refractivity contribution < 1.29 is 0 Å². The van der Waals surface area contributed by atoms with Gasteiger partial charge in [-0.05, 0) is 31.7 Å². The summed E-state index contributed by atoms with van der Waals surface area (Å²) in [5, 5.41) is 7.54. The number of hydrogen-bond acceptors (Lipinski definition) is 3. The van der Waals surface area contributed by atoms with E-state index in [2.05, 4.69) is 27.0 Å². The van der Waals surface area contributed by atoms with Crippen molar-refractivity contribution in [3.63, 3.8) is 0 Å². The quantitative estimate of drug-likeness (QED) is 0.764. The lowest BCUT2D eigenvalue weighted by molar-refractivity contribution is 0.444. The molecular formula is C11H20N4. The van der Waals surface area contributed by atoms with Gasteiger partial charge in [-0.1, -0.05) is 6.92 Å². The van der Waals surface area contributed by atoms with Crippen LogP contribution in [0, 0.1) is 5.41 Å². The van der Waals surface area contributed by atoms with E-state index in [4.69, 9.17) is 0 Å². The summed E-state index contributed by atoms with van der Waals surface area (Å²) in [6, 6.07) is 0. The first-order valence-corrected chi connectivity index (χ1v) is 5.81. The molecule has 15 heavy (non-hydrogen) atoms. The molecule has 0 amide bonds. The van der Waals surface area contributed by atoms with Gasteiger partial charge >= 0.3 is 0 Å². The zero-order valence-electron chi connectivity index (χ0n) is 9.66. The summed E-state index contributed by atoms with van der Waals surface area (Å²) in [6.45, 7) is 4.27. The van der Waals surface area contributed by atoms with Crippen molar-refractivity contribution in [1.82, 2.24) is 20.1 Å². The SMILES string of the molecule is CCCn1ncnc1CC1(CNC)CC1. The number of aromatic nitrogens is 3. The molecule has 0 aliphatic heterocycles. The molecule has 0 spiro atoms. The van der Waals surface area contributed by atoms with Crippen LogP contribution in [0.25, 0.3) is 0 Å². The number of nitrogens with zero attached hydrogens (tertiary/aromatic N) is 3. The summed E-state index contributed by atoms with van der Waals surface area (Å²) < 4.78 is 2.05. The van der Waals surface area contributed by atoms with Gasteiger partial charge in [-0.2, -0.15) is 5.10 Å². The lowest BCUT2D eigenvalue weighted by Crippen LogP contribution is -2.23. The number of hydrogen-bond donors (Lipinski definition) is 1. The third-order valence-electron chi connectivity index (χ3n) is 3.17. The molecule has 1 fully saturated rings. The van der Waals surface area contributed by atoms with Crippen LogP contribution in [0.5, 0.6) is 0 Å². The van der Waals surface area contributed by atoms with Crippen LogP contribution >= 0.6 is 0 Å². The molecule has 0 aromatic carbocycles. The van der Waals surface area contributed by atoms with Crippen molar-refractivity contribution in [2.24, 2.45) is 5.41 Å². The molecule has 0 radical (unpaired) electrons. The Balaban J connectivity index is 2.00. The highest BCUT2D eigenvalue weighted by molar-refractivity contribution is 5.03. The topological polar surface area (TPSA) is 42.7 Å². The summed E-state index contributed by atoms with van der Waals surface area (Å²) in [4.78, 5) is 4.37. The van der Waals surface area contributed by atoms with Crippen LogP contribution in [0.1, 0.15) is 32.0 Å². The summed E-state index contributed by atoms with van der Waals surface area (Å²) >= 11 is 0. The Morgan fingerprint density at radius 1 is 1.53 bits per heavy atom. The Hall–Kier alpha value is -0.900. The van der Waals surface area contributed by atoms with Crippen LogP contribution in [0.15, 0.2) is 6.33 Å². The van der Waals surface area contributed by atoms with Crippen LogP contribution in [0.4, 0.5) is 0 Å². The average molecular weight is 208 g/mol. The van der Waals surface area contributed by atoms with Gasteiger partial charge in [0, 0.05) is 19.5 Å². The van der Waals surface area contributed by atoms with E-state index in [1.807, 2.05) is 7.05 Å². The zero-order valence-corrected chi connectivity index (χ0v) is 9.66. The standard InChI is InChI=1S/C11H20N4/c1-3-6-15-10(13-9-14-15)7-11(4-5-11)8-12-2/h9,12H,3-8H2,1-2H3. The van der Waals surface area contributed by atoms with Crippen LogP contribution in [0.2, 0.25) is 0 Å². The van der Waals surface area contributed by atoms with Gasteiger partial charge in [-0.25, -0.2) is 4.98 Å². The lowest BCUT2D eigenvalue weighted by Gasteiger charge is -2.14. The fourth-order valence-electron chi connectivity index (χ4n) is 2.13. The molecule has 84 valence electrons. The summed E-state index contributed by atoms with van der Waals surface area (Å²) in [7, 11) is 2.02. The van der Waals surface area contributed by atoms with Crippen LogP contribution in [-0.4, -0.2) is 28.4 Å². The van der Waals surface area contributed by atoms with E-state index in [0.717, 1.165) is 31.8 Å². The molecule has 1 aromatic heterocycles. The molecule has 1 aliphatic rings. The van der Waals surface area contributed by atoms with Gasteiger partial charge in [0.05, 0.1) is 0 Å². The number of aryl methyl sites for hydroxylation is 1. The fraction of sp³-hybridized carbons (Fsp3) is 0.818. The highest BCUT2D eigenvalue weighted by Crippen LogP contribution is 2.47. The number of rotatable bonds is 6. The molecule has 4 nitrogen and oxygen atoms in total. The predicted octanol–water partition coefficient (Wildman–Crippen LogP) is 1.23. The van der Waals surface area contributed by atoms with Crippen molar-refractivity contribution in [2.75, 3.05) is 13.6 Å². The minimum atomic E-state index is 0.479. The summed E-state index contributed by atoms with van der Waals surface area (Å²) in [5.74, 6) is 1.16. The van der Waals surface area contributed by atoms with Gasteiger partial charge in [0.2, 0.25) is 0 Å². The van der Waals surface area contributed by atoms with E-state index in [0.29, 0.717) is 5.41 Å². The Labute approximate surface area is 91.1 Å². The number of nitrogens with one attached hydrogen (secondary N) is 1. The normalized spacial score (nSPS) is 18.0. The van der Waals surface area contributed by atoms with E-state index < -0.39 is 0 Å². The van der Waals surface area contributed by atoms with Crippen LogP contribution in [0.3, 0.4) is 0 Å². The molecule has 1 heterocycles. The van der Waals surface area contributed by atoms with E-state index in [1.165, 1.54) is 12.8 Å². The summed E-state index contributed by atoms with van der Waals surface area (Å²) in [6.07, 6.45) is 6.53. The molecule has 1 saturated carbocycles. The Kier molecular flexibility index (Phi) is 3.05. The van der Waals surface area contributed by atoms with E-state index in [1.54, 1.807) is 6.33 Å². The molecular weight excluding hydrogens is 188 g/mol. The molecule has 4 heteroatoms. The first-order chi connectivity index (χ1) is 7.29. The fourth-order valence-corrected chi connectivity index (χ4v) is 2.13. The van der Waals surface area contributed by atoms with Crippen LogP contribution < -0.4 is 5.32 Å². The highest BCUT2D eigenvalue weighted by atomic mass is 15.3. The molecule has 0 unspecified atom stereocenters. The third-order valence-corrected chi connectivity index (χ3v) is 3.17. The predicted molar refractivity (Wildman–Crippen MR) is 59.6 cm³/mol. The Morgan fingerprint density at radius 3 is 2.93 bits per heavy atom. The van der Waals surface area contributed by atoms with Crippen molar-refractivity contribution in [3.8, 4) is 0 Å². The maximum absolute atomic E-state index is 4.37. The minimum Gasteiger partial charge on any atom is -0.319 e. The molecule has 1 N–H and O–H groups in total. The third kappa shape index (κ3) is 2.37. The van der Waals surface area contributed by atoms with Gasteiger partial charge in [0.25, 0.3) is 0 Å². The summed E-state index contributed by atoms with van der Waals surface area (Å²) in [5.41, 5.74) is 0.479. The Bertz CT molecular complexity index is 314. The first kappa shape index (κ1) is 10.6. The largest absolute Gasteiger partial charge is 0.319 e. The van der Waals surface area contributed by atoms with Crippen LogP contribution in [-0.2, 0) is 13.0 Å². The van der Waals surface area contributed by atoms with Crippen molar-refractivity contribution in [2.45, 2.75) is 39.2 Å². The average Bonchev–Trinajstić information content (AvgIpc) is 2.83. The lowest BCUT2D eigenvalue weighted by atomic mass is 10.0. The monoisotopic (exact) mass is 208 g/mol. The second-order valence-corrected chi connectivity index (χ2v) is 4.61. The second kappa shape index (κ2) is 4.31.